The summed E-state index contributed by atoms with van der Waals surface area (Å²) in [5.74, 6) is 0. The Morgan fingerprint density at radius 3 is 2.47 bits per heavy atom. The molecule has 17 heavy (non-hydrogen) atoms. The van der Waals surface area contributed by atoms with Gasteiger partial charge in [-0.2, -0.15) is 0 Å². The van der Waals surface area contributed by atoms with Crippen LogP contribution in [0.2, 0.25) is 0 Å². The first-order chi connectivity index (χ1) is 8.19. The molecule has 2 heteroatoms. The lowest BCUT2D eigenvalue weighted by Crippen LogP contribution is -2.11. The lowest BCUT2D eigenvalue weighted by molar-refractivity contribution is 0.693. The second-order valence-electron chi connectivity index (χ2n) is 4.65. The average Bonchev–Trinajstić information content (AvgIpc) is 2.65. The van der Waals surface area contributed by atoms with Crippen LogP contribution in [0.1, 0.15) is 22.4 Å². The van der Waals surface area contributed by atoms with Crippen molar-refractivity contribution >= 4 is 0 Å². The molecule has 0 aliphatic rings. The van der Waals surface area contributed by atoms with Gasteiger partial charge >= 0.3 is 0 Å². The zero-order chi connectivity index (χ0) is 12.3. The Balaban J connectivity index is 2.22. The molecule has 2 aromatic rings. The molecule has 0 atom stereocenters. The van der Waals surface area contributed by atoms with Crippen molar-refractivity contribution in [1.29, 1.82) is 0 Å². The SMILES string of the molecule is CNCc1cccn1Cc1cc(C)cc(C)c1. The third kappa shape index (κ3) is 2.98. The van der Waals surface area contributed by atoms with Crippen molar-refractivity contribution in [3.05, 3.63) is 58.9 Å². The summed E-state index contributed by atoms with van der Waals surface area (Å²) in [5, 5.41) is 3.20. The number of aryl methyl sites for hydroxylation is 2. The molecule has 90 valence electrons. The average molecular weight is 228 g/mol. The predicted molar refractivity (Wildman–Crippen MR) is 72.2 cm³/mol. The van der Waals surface area contributed by atoms with E-state index in [0.29, 0.717) is 0 Å². The summed E-state index contributed by atoms with van der Waals surface area (Å²) < 4.78 is 2.30. The van der Waals surface area contributed by atoms with Crippen LogP contribution in [0.5, 0.6) is 0 Å². The lowest BCUT2D eigenvalue weighted by Gasteiger charge is -2.10. The molecule has 2 rings (SSSR count). The van der Waals surface area contributed by atoms with Crippen molar-refractivity contribution in [3.8, 4) is 0 Å². The van der Waals surface area contributed by atoms with Crippen molar-refractivity contribution in [2.24, 2.45) is 0 Å². The van der Waals surface area contributed by atoms with Gasteiger partial charge in [-0.25, -0.2) is 0 Å². The van der Waals surface area contributed by atoms with Gasteiger partial charge in [0.05, 0.1) is 0 Å². The second-order valence-corrected chi connectivity index (χ2v) is 4.65. The Hall–Kier alpha value is -1.54. The van der Waals surface area contributed by atoms with Crippen LogP contribution in [-0.4, -0.2) is 11.6 Å². The molecular weight excluding hydrogens is 208 g/mol. The minimum absolute atomic E-state index is 0.914. The maximum atomic E-state index is 3.20. The standard InChI is InChI=1S/C15H20N2/c1-12-7-13(2)9-14(8-12)11-17-6-4-5-15(17)10-16-3/h4-9,16H,10-11H2,1-3H3. The van der Waals surface area contributed by atoms with E-state index in [1.165, 1.54) is 22.4 Å². The molecule has 1 heterocycles. The number of aromatic nitrogens is 1. The molecule has 1 aromatic heterocycles. The summed E-state index contributed by atoms with van der Waals surface area (Å²) in [5.41, 5.74) is 5.37. The van der Waals surface area contributed by atoms with Gasteiger partial charge in [-0.3, -0.25) is 0 Å². The van der Waals surface area contributed by atoms with Crippen LogP contribution < -0.4 is 5.32 Å². The van der Waals surface area contributed by atoms with Crippen LogP contribution in [0, 0.1) is 13.8 Å². The van der Waals surface area contributed by atoms with Crippen molar-refractivity contribution in [1.82, 2.24) is 9.88 Å². The number of hydrogen-bond donors (Lipinski definition) is 1. The van der Waals surface area contributed by atoms with E-state index in [1.54, 1.807) is 0 Å². The number of benzene rings is 1. The first-order valence-electron chi connectivity index (χ1n) is 6.05. The Morgan fingerprint density at radius 2 is 1.82 bits per heavy atom. The highest BCUT2D eigenvalue weighted by atomic mass is 15.0. The molecule has 0 unspecified atom stereocenters. The van der Waals surface area contributed by atoms with Gasteiger partial charge in [0.25, 0.3) is 0 Å². The summed E-state index contributed by atoms with van der Waals surface area (Å²) in [6.07, 6.45) is 2.14. The van der Waals surface area contributed by atoms with Crippen molar-refractivity contribution < 1.29 is 0 Å². The Bertz CT molecular complexity index is 477. The Kier molecular flexibility index (Phi) is 3.64. The van der Waals surface area contributed by atoms with Crippen molar-refractivity contribution in [3.63, 3.8) is 0 Å². The van der Waals surface area contributed by atoms with Gasteiger partial charge in [-0.15, -0.1) is 0 Å². The van der Waals surface area contributed by atoms with Crippen LogP contribution in [0.25, 0.3) is 0 Å². The van der Waals surface area contributed by atoms with Gasteiger partial charge in [0.15, 0.2) is 0 Å². The van der Waals surface area contributed by atoms with Crippen LogP contribution in [0.4, 0.5) is 0 Å². The maximum Gasteiger partial charge on any atom is 0.0473 e. The molecule has 0 spiro atoms. The molecule has 1 aromatic carbocycles. The largest absolute Gasteiger partial charge is 0.346 e. The second kappa shape index (κ2) is 5.19. The molecule has 0 bridgehead atoms. The van der Waals surface area contributed by atoms with E-state index >= 15 is 0 Å². The van der Waals surface area contributed by atoms with Crippen LogP contribution in [-0.2, 0) is 13.1 Å². The van der Waals surface area contributed by atoms with E-state index in [1.807, 2.05) is 7.05 Å². The van der Waals surface area contributed by atoms with Crippen molar-refractivity contribution in [2.45, 2.75) is 26.9 Å². The Labute approximate surface area is 103 Å². The van der Waals surface area contributed by atoms with Gasteiger partial charge in [-0.1, -0.05) is 29.3 Å². The van der Waals surface area contributed by atoms with E-state index in [0.717, 1.165) is 13.1 Å². The summed E-state index contributed by atoms with van der Waals surface area (Å²) >= 11 is 0. The molecule has 0 saturated carbocycles. The fourth-order valence-corrected chi connectivity index (χ4v) is 2.30. The highest BCUT2D eigenvalue weighted by Gasteiger charge is 2.02. The summed E-state index contributed by atoms with van der Waals surface area (Å²) in [7, 11) is 1.98. The normalized spacial score (nSPS) is 10.8. The third-order valence-corrected chi connectivity index (χ3v) is 2.92. The van der Waals surface area contributed by atoms with Gasteiger partial charge in [0.2, 0.25) is 0 Å². The van der Waals surface area contributed by atoms with Crippen LogP contribution >= 0.6 is 0 Å². The smallest absolute Gasteiger partial charge is 0.0473 e. The van der Waals surface area contributed by atoms with E-state index in [2.05, 4.69) is 60.3 Å². The third-order valence-electron chi connectivity index (χ3n) is 2.92. The molecule has 0 aliphatic carbocycles. The minimum Gasteiger partial charge on any atom is -0.346 e. The van der Waals surface area contributed by atoms with Crippen molar-refractivity contribution in [2.75, 3.05) is 7.05 Å². The van der Waals surface area contributed by atoms with E-state index in [9.17, 15) is 0 Å². The van der Waals surface area contributed by atoms with Gasteiger partial charge in [0, 0.05) is 25.0 Å². The van der Waals surface area contributed by atoms with Gasteiger partial charge in [-0.05, 0) is 38.6 Å². The number of nitrogens with zero attached hydrogens (tertiary/aromatic N) is 1. The molecule has 2 nitrogen and oxygen atoms in total. The molecule has 0 amide bonds. The fraction of sp³-hybridized carbons (Fsp3) is 0.333. The highest BCUT2D eigenvalue weighted by Crippen LogP contribution is 2.12. The summed E-state index contributed by atoms with van der Waals surface area (Å²) in [6, 6.07) is 11.0. The quantitative estimate of drug-likeness (QED) is 0.851. The van der Waals surface area contributed by atoms with Crippen LogP contribution in [0.3, 0.4) is 0 Å². The molecule has 0 aliphatic heterocycles. The monoisotopic (exact) mass is 228 g/mol. The zero-order valence-electron chi connectivity index (χ0n) is 10.8. The molecule has 0 fully saturated rings. The van der Waals surface area contributed by atoms with Gasteiger partial charge < -0.3 is 9.88 Å². The van der Waals surface area contributed by atoms with Crippen LogP contribution in [0.15, 0.2) is 36.5 Å². The number of hydrogen-bond acceptors (Lipinski definition) is 1. The maximum absolute atomic E-state index is 3.20. The number of nitrogens with one attached hydrogen (secondary N) is 1. The fourth-order valence-electron chi connectivity index (χ4n) is 2.30. The molecule has 0 radical (unpaired) electrons. The first-order valence-corrected chi connectivity index (χ1v) is 6.05. The Morgan fingerprint density at radius 1 is 1.12 bits per heavy atom. The molecular formula is C15H20N2. The summed E-state index contributed by atoms with van der Waals surface area (Å²) in [6.45, 7) is 6.17. The van der Waals surface area contributed by atoms with Gasteiger partial charge in [0.1, 0.15) is 0 Å². The number of rotatable bonds is 4. The summed E-state index contributed by atoms with van der Waals surface area (Å²) in [4.78, 5) is 0. The molecule has 1 N–H and O–H groups in total. The topological polar surface area (TPSA) is 17.0 Å². The molecule has 0 saturated heterocycles. The minimum atomic E-state index is 0.914. The van der Waals surface area contributed by atoms with E-state index in [-0.39, 0.29) is 0 Å². The van der Waals surface area contributed by atoms with E-state index < -0.39 is 0 Å². The zero-order valence-corrected chi connectivity index (χ0v) is 10.8. The lowest BCUT2D eigenvalue weighted by atomic mass is 10.1. The van der Waals surface area contributed by atoms with E-state index in [4.69, 9.17) is 0 Å². The first kappa shape index (κ1) is 11.9. The predicted octanol–water partition coefficient (Wildman–Crippen LogP) is 2.87. The highest BCUT2D eigenvalue weighted by molar-refractivity contribution is 5.29.